The first-order valence-corrected chi connectivity index (χ1v) is 6.10. The number of carbonyl (C=O) groups is 1. The topological polar surface area (TPSA) is 72.2 Å². The molecule has 1 amide bonds. The van der Waals surface area contributed by atoms with E-state index >= 15 is 0 Å². The summed E-state index contributed by atoms with van der Waals surface area (Å²) >= 11 is 5.49. The Morgan fingerprint density at radius 2 is 2.00 bits per heavy atom. The molecule has 1 aromatic carbocycles. The van der Waals surface area contributed by atoms with E-state index in [0.29, 0.717) is 12.3 Å². The van der Waals surface area contributed by atoms with E-state index in [1.54, 1.807) is 13.0 Å². The molecule has 0 aliphatic heterocycles. The minimum absolute atomic E-state index is 0.0858. The van der Waals surface area contributed by atoms with Gasteiger partial charge in [-0.15, -0.1) is 11.6 Å². The standard InChI is InChI=1S/C12H15ClN2O3/c1-8-6-10(14-12(16)4-3-5-13)11(15(17)18)7-9(8)2/h6-7H,3-5H2,1-2H3,(H,14,16). The smallest absolute Gasteiger partial charge is 0.293 e. The molecule has 1 aromatic rings. The van der Waals surface area contributed by atoms with E-state index in [1.807, 2.05) is 6.92 Å². The van der Waals surface area contributed by atoms with Gasteiger partial charge in [0.25, 0.3) is 5.69 Å². The van der Waals surface area contributed by atoms with E-state index < -0.39 is 4.92 Å². The molecule has 98 valence electrons. The summed E-state index contributed by atoms with van der Waals surface area (Å²) in [6, 6.07) is 3.08. The van der Waals surface area contributed by atoms with Crippen LogP contribution in [0.2, 0.25) is 0 Å². The summed E-state index contributed by atoms with van der Waals surface area (Å²) in [7, 11) is 0. The summed E-state index contributed by atoms with van der Waals surface area (Å²) in [4.78, 5) is 22.0. The summed E-state index contributed by atoms with van der Waals surface area (Å²) in [6.07, 6.45) is 0.805. The van der Waals surface area contributed by atoms with Crippen LogP contribution in [0.3, 0.4) is 0 Å². The Balaban J connectivity index is 2.96. The first kappa shape index (κ1) is 14.4. The summed E-state index contributed by atoms with van der Waals surface area (Å²) in [5.41, 5.74) is 1.87. The number of halogens is 1. The number of alkyl halides is 1. The fourth-order valence-corrected chi connectivity index (χ4v) is 1.63. The maximum atomic E-state index is 11.6. The molecular formula is C12H15ClN2O3. The maximum Gasteiger partial charge on any atom is 0.293 e. The van der Waals surface area contributed by atoms with Crippen LogP contribution in [0, 0.1) is 24.0 Å². The lowest BCUT2D eigenvalue weighted by Crippen LogP contribution is -2.13. The first-order chi connectivity index (χ1) is 8.45. The van der Waals surface area contributed by atoms with E-state index in [2.05, 4.69) is 5.32 Å². The van der Waals surface area contributed by atoms with E-state index in [9.17, 15) is 14.9 Å². The minimum atomic E-state index is -0.496. The number of aryl methyl sites for hydroxylation is 2. The summed E-state index contributed by atoms with van der Waals surface area (Å²) < 4.78 is 0. The predicted octanol–water partition coefficient (Wildman–Crippen LogP) is 3.17. The molecule has 0 saturated heterocycles. The predicted molar refractivity (Wildman–Crippen MR) is 71.2 cm³/mol. The molecule has 0 saturated carbocycles. The highest BCUT2D eigenvalue weighted by molar-refractivity contribution is 6.18. The van der Waals surface area contributed by atoms with Crippen LogP contribution in [0.1, 0.15) is 24.0 Å². The Labute approximate surface area is 110 Å². The molecule has 18 heavy (non-hydrogen) atoms. The molecule has 6 heteroatoms. The highest BCUT2D eigenvalue weighted by Gasteiger charge is 2.17. The van der Waals surface area contributed by atoms with Crippen LogP contribution in [0.15, 0.2) is 12.1 Å². The quantitative estimate of drug-likeness (QED) is 0.507. The number of hydrogen-bond donors (Lipinski definition) is 1. The number of carbonyl (C=O) groups excluding carboxylic acids is 1. The van der Waals surface area contributed by atoms with Crippen LogP contribution in [0.25, 0.3) is 0 Å². The average Bonchev–Trinajstić information content (AvgIpc) is 2.30. The number of amides is 1. The summed E-state index contributed by atoms with van der Waals surface area (Å²) in [5.74, 6) is 0.129. The van der Waals surface area contributed by atoms with E-state index in [4.69, 9.17) is 11.6 Å². The largest absolute Gasteiger partial charge is 0.320 e. The zero-order valence-corrected chi connectivity index (χ0v) is 11.1. The van der Waals surface area contributed by atoms with Crippen molar-refractivity contribution in [1.82, 2.24) is 0 Å². The molecule has 1 rings (SSSR count). The first-order valence-electron chi connectivity index (χ1n) is 5.57. The Morgan fingerprint density at radius 3 is 2.56 bits per heavy atom. The van der Waals surface area contributed by atoms with Crippen molar-refractivity contribution in [2.45, 2.75) is 26.7 Å². The van der Waals surface area contributed by atoms with Crippen molar-refractivity contribution in [1.29, 1.82) is 0 Å². The molecule has 0 fully saturated rings. The van der Waals surface area contributed by atoms with Gasteiger partial charge in [0.1, 0.15) is 5.69 Å². The van der Waals surface area contributed by atoms with Gasteiger partial charge in [-0.3, -0.25) is 14.9 Å². The van der Waals surface area contributed by atoms with Gasteiger partial charge >= 0.3 is 0 Å². The lowest BCUT2D eigenvalue weighted by atomic mass is 10.1. The molecular weight excluding hydrogens is 256 g/mol. The van der Waals surface area contributed by atoms with Crippen LogP contribution < -0.4 is 5.32 Å². The lowest BCUT2D eigenvalue weighted by molar-refractivity contribution is -0.384. The van der Waals surface area contributed by atoms with Gasteiger partial charge < -0.3 is 5.32 Å². The van der Waals surface area contributed by atoms with Gasteiger partial charge in [0, 0.05) is 18.4 Å². The van der Waals surface area contributed by atoms with E-state index in [-0.39, 0.29) is 23.7 Å². The van der Waals surface area contributed by atoms with Crippen molar-refractivity contribution < 1.29 is 9.72 Å². The van der Waals surface area contributed by atoms with E-state index in [1.165, 1.54) is 6.07 Å². The third kappa shape index (κ3) is 3.70. The van der Waals surface area contributed by atoms with Crippen molar-refractivity contribution in [2.24, 2.45) is 0 Å². The Kier molecular flexibility index (Phi) is 5.09. The van der Waals surface area contributed by atoms with Gasteiger partial charge in [0.05, 0.1) is 4.92 Å². The molecule has 1 N–H and O–H groups in total. The third-order valence-electron chi connectivity index (χ3n) is 2.62. The van der Waals surface area contributed by atoms with Gasteiger partial charge in [-0.05, 0) is 37.5 Å². The Morgan fingerprint density at radius 1 is 1.39 bits per heavy atom. The molecule has 0 atom stereocenters. The van der Waals surface area contributed by atoms with Gasteiger partial charge in [-0.1, -0.05) is 0 Å². The maximum absolute atomic E-state index is 11.6. The second-order valence-corrected chi connectivity index (χ2v) is 4.43. The van der Waals surface area contributed by atoms with Gasteiger partial charge in [0.2, 0.25) is 5.91 Å². The molecule has 0 unspecified atom stereocenters. The van der Waals surface area contributed by atoms with Crippen LogP contribution in [0.5, 0.6) is 0 Å². The molecule has 0 aliphatic rings. The summed E-state index contributed by atoms with van der Waals surface area (Å²) in [6.45, 7) is 3.63. The van der Waals surface area contributed by atoms with Crippen LogP contribution in [-0.2, 0) is 4.79 Å². The molecule has 0 spiro atoms. The monoisotopic (exact) mass is 270 g/mol. The minimum Gasteiger partial charge on any atom is -0.320 e. The second-order valence-electron chi connectivity index (χ2n) is 4.05. The molecule has 5 nitrogen and oxygen atoms in total. The molecule has 0 heterocycles. The highest BCUT2D eigenvalue weighted by Crippen LogP contribution is 2.28. The molecule has 0 aliphatic carbocycles. The number of hydrogen-bond acceptors (Lipinski definition) is 3. The fourth-order valence-electron chi connectivity index (χ4n) is 1.49. The highest BCUT2D eigenvalue weighted by atomic mass is 35.5. The van der Waals surface area contributed by atoms with Crippen LogP contribution in [-0.4, -0.2) is 16.7 Å². The fraction of sp³-hybridized carbons (Fsp3) is 0.417. The third-order valence-corrected chi connectivity index (χ3v) is 2.89. The SMILES string of the molecule is Cc1cc(NC(=O)CCCCl)c([N+](=O)[O-])cc1C. The zero-order valence-electron chi connectivity index (χ0n) is 10.3. The number of nitrogens with one attached hydrogen (secondary N) is 1. The number of anilines is 1. The normalized spacial score (nSPS) is 10.2. The average molecular weight is 271 g/mol. The van der Waals surface area contributed by atoms with Gasteiger partial charge in [-0.25, -0.2) is 0 Å². The van der Waals surface area contributed by atoms with Crippen molar-refractivity contribution >= 4 is 28.9 Å². The number of nitro groups is 1. The Bertz CT molecular complexity index is 475. The van der Waals surface area contributed by atoms with E-state index in [0.717, 1.165) is 11.1 Å². The second kappa shape index (κ2) is 6.35. The van der Waals surface area contributed by atoms with Crippen molar-refractivity contribution in [2.75, 3.05) is 11.2 Å². The number of nitrogens with zero attached hydrogens (tertiary/aromatic N) is 1. The summed E-state index contributed by atoms with van der Waals surface area (Å²) in [5, 5.41) is 13.5. The lowest BCUT2D eigenvalue weighted by Gasteiger charge is -2.08. The van der Waals surface area contributed by atoms with Gasteiger partial charge in [0.15, 0.2) is 0 Å². The molecule has 0 bridgehead atoms. The van der Waals surface area contributed by atoms with Crippen molar-refractivity contribution in [3.8, 4) is 0 Å². The zero-order chi connectivity index (χ0) is 13.7. The molecule has 0 radical (unpaired) electrons. The Hall–Kier alpha value is -1.62. The number of nitro benzene ring substituents is 1. The molecule has 0 aromatic heterocycles. The van der Waals surface area contributed by atoms with Crippen molar-refractivity contribution in [3.63, 3.8) is 0 Å². The van der Waals surface area contributed by atoms with Crippen LogP contribution in [0.4, 0.5) is 11.4 Å². The van der Waals surface area contributed by atoms with Crippen molar-refractivity contribution in [3.05, 3.63) is 33.4 Å². The number of benzene rings is 1. The van der Waals surface area contributed by atoms with Gasteiger partial charge in [-0.2, -0.15) is 0 Å². The van der Waals surface area contributed by atoms with Crippen LogP contribution >= 0.6 is 11.6 Å². The number of rotatable bonds is 5.